The summed E-state index contributed by atoms with van der Waals surface area (Å²) in [6.45, 7) is 0. The minimum Gasteiger partial charge on any atom is -0.496 e. The van der Waals surface area contributed by atoms with Crippen molar-refractivity contribution >= 4 is 54.4 Å². The molecule has 182 valence electrons. The van der Waals surface area contributed by atoms with Crippen LogP contribution in [-0.2, 0) is 0 Å². The third kappa shape index (κ3) is 4.65. The first-order valence-electron chi connectivity index (χ1n) is 11.9. The highest BCUT2D eigenvalue weighted by Crippen LogP contribution is 2.40. The molecule has 2 heterocycles. The molecule has 5 nitrogen and oxygen atoms in total. The Kier molecular flexibility index (Phi) is 6.49. The van der Waals surface area contributed by atoms with Gasteiger partial charge in [-0.05, 0) is 42.0 Å². The molecule has 0 spiro atoms. The lowest BCUT2D eigenvalue weighted by molar-refractivity contribution is 0.405. The molecule has 6 rings (SSSR count). The molecule has 4 aromatic carbocycles. The van der Waals surface area contributed by atoms with Gasteiger partial charge in [0.05, 0.1) is 30.1 Å². The van der Waals surface area contributed by atoms with Crippen LogP contribution < -0.4 is 9.75 Å². The molecule has 0 fully saturated rings. The Morgan fingerprint density at radius 3 is 2.30 bits per heavy atom. The van der Waals surface area contributed by atoms with Gasteiger partial charge in [0.2, 0.25) is 5.95 Å². The van der Waals surface area contributed by atoms with Crippen LogP contribution in [0.4, 0.5) is 5.95 Å². The Balaban J connectivity index is 1.55. The number of fused-ring (bicyclic) bond motifs is 1. The average Bonchev–Trinajstić information content (AvgIpc) is 3.38. The van der Waals surface area contributed by atoms with Crippen LogP contribution >= 0.6 is 31.9 Å². The van der Waals surface area contributed by atoms with Gasteiger partial charge in [0.1, 0.15) is 5.75 Å². The van der Waals surface area contributed by atoms with Gasteiger partial charge < -0.3 is 4.74 Å². The number of halogens is 2. The molecule has 0 bridgehead atoms. The Bertz CT molecular complexity index is 1620. The molecule has 1 atom stereocenters. The topological polar surface area (TPSA) is 50.6 Å². The normalized spacial score (nSPS) is 15.2. The Labute approximate surface area is 232 Å². The lowest BCUT2D eigenvalue weighted by Gasteiger charge is -2.24. The number of ether oxygens (including phenoxy) is 1. The van der Waals surface area contributed by atoms with Crippen molar-refractivity contribution in [1.29, 1.82) is 0 Å². The van der Waals surface area contributed by atoms with Crippen molar-refractivity contribution in [2.24, 2.45) is 5.10 Å². The van der Waals surface area contributed by atoms with Crippen molar-refractivity contribution in [1.82, 2.24) is 9.97 Å². The molecule has 5 aromatic rings. The average molecular weight is 614 g/mol. The van der Waals surface area contributed by atoms with Crippen molar-refractivity contribution in [2.75, 3.05) is 12.1 Å². The van der Waals surface area contributed by atoms with Gasteiger partial charge in [0.15, 0.2) is 0 Å². The maximum Gasteiger partial charge on any atom is 0.247 e. The number of nitrogens with zero attached hydrogens (tertiary/aromatic N) is 4. The van der Waals surface area contributed by atoms with Crippen LogP contribution in [0.25, 0.3) is 22.2 Å². The van der Waals surface area contributed by atoms with Crippen LogP contribution in [0, 0.1) is 0 Å². The van der Waals surface area contributed by atoms with E-state index in [2.05, 4.69) is 68.3 Å². The van der Waals surface area contributed by atoms with Crippen molar-refractivity contribution in [3.63, 3.8) is 0 Å². The number of methoxy groups -OCH3 is 1. The van der Waals surface area contributed by atoms with Gasteiger partial charge in [-0.2, -0.15) is 5.10 Å². The molecule has 0 saturated heterocycles. The lowest BCUT2D eigenvalue weighted by Crippen LogP contribution is -2.21. The van der Waals surface area contributed by atoms with Gasteiger partial charge in [-0.1, -0.05) is 92.5 Å². The maximum atomic E-state index is 5.75. The molecule has 1 aliphatic rings. The predicted octanol–water partition coefficient (Wildman–Crippen LogP) is 8.19. The van der Waals surface area contributed by atoms with E-state index in [1.807, 2.05) is 65.7 Å². The second-order valence-corrected chi connectivity index (χ2v) is 10.6. The molecule has 37 heavy (non-hydrogen) atoms. The second-order valence-electron chi connectivity index (χ2n) is 8.76. The first kappa shape index (κ1) is 23.8. The van der Waals surface area contributed by atoms with E-state index < -0.39 is 0 Å². The zero-order chi connectivity index (χ0) is 25.4. The predicted molar refractivity (Wildman–Crippen MR) is 156 cm³/mol. The summed E-state index contributed by atoms with van der Waals surface area (Å²) in [7, 11) is 1.70. The number of aromatic nitrogens is 2. The first-order chi connectivity index (χ1) is 18.1. The molecule has 0 radical (unpaired) electrons. The quantitative estimate of drug-likeness (QED) is 0.200. The molecule has 0 N–H and O–H groups in total. The number of hydrogen-bond acceptors (Lipinski definition) is 5. The first-order valence-corrected chi connectivity index (χ1v) is 13.5. The zero-order valence-electron chi connectivity index (χ0n) is 20.0. The Hall–Kier alpha value is -3.55. The van der Waals surface area contributed by atoms with E-state index in [0.29, 0.717) is 12.4 Å². The summed E-state index contributed by atoms with van der Waals surface area (Å²) in [5.41, 5.74) is 5.84. The molecule has 7 heteroatoms. The van der Waals surface area contributed by atoms with Gasteiger partial charge in [0, 0.05) is 31.9 Å². The number of hydrazone groups is 1. The van der Waals surface area contributed by atoms with Gasteiger partial charge in [-0.25, -0.2) is 15.0 Å². The fourth-order valence-electron chi connectivity index (χ4n) is 4.70. The molecule has 1 aliphatic heterocycles. The van der Waals surface area contributed by atoms with Gasteiger partial charge in [0.25, 0.3) is 0 Å². The summed E-state index contributed by atoms with van der Waals surface area (Å²) in [6.07, 6.45) is 0.699. The highest BCUT2D eigenvalue weighted by Gasteiger charge is 2.34. The monoisotopic (exact) mass is 612 g/mol. The molecule has 0 unspecified atom stereocenters. The van der Waals surface area contributed by atoms with Gasteiger partial charge >= 0.3 is 0 Å². The number of hydrogen-bond donors (Lipinski definition) is 0. The third-order valence-corrected chi connectivity index (χ3v) is 7.51. The molecule has 0 aliphatic carbocycles. The van der Waals surface area contributed by atoms with E-state index in [-0.39, 0.29) is 6.04 Å². The summed E-state index contributed by atoms with van der Waals surface area (Å²) in [5, 5.41) is 8.02. The van der Waals surface area contributed by atoms with Crippen molar-refractivity contribution in [2.45, 2.75) is 12.5 Å². The highest BCUT2D eigenvalue weighted by molar-refractivity contribution is 9.10. The smallest absolute Gasteiger partial charge is 0.247 e. The Morgan fingerprint density at radius 2 is 1.51 bits per heavy atom. The molecular formula is C30H22Br2N4O. The van der Waals surface area contributed by atoms with Crippen LogP contribution in [0.1, 0.15) is 23.6 Å². The molecular weight excluding hydrogens is 592 g/mol. The van der Waals surface area contributed by atoms with Crippen LogP contribution in [0.5, 0.6) is 5.75 Å². The summed E-state index contributed by atoms with van der Waals surface area (Å²) >= 11 is 7.15. The van der Waals surface area contributed by atoms with Crippen LogP contribution in [0.2, 0.25) is 0 Å². The molecule has 1 aromatic heterocycles. The second kappa shape index (κ2) is 10.1. The molecule has 0 amide bonds. The van der Waals surface area contributed by atoms with E-state index >= 15 is 0 Å². The Morgan fingerprint density at radius 1 is 0.784 bits per heavy atom. The maximum absolute atomic E-state index is 5.75. The summed E-state index contributed by atoms with van der Waals surface area (Å²) in [6, 6.07) is 32.5. The standard InChI is InChI=1S/C30H22Br2N4O/c1-37-28-10-6-5-9-23(28)27-18-26(19-11-13-21(31)14-12-19)35-36(27)30-33-25-16-15-22(32)17-24(25)29(34-30)20-7-3-2-4-8-20/h2-17,27H,18H2,1H3/t27-/m0/s1. The number of anilines is 1. The molecule has 0 saturated carbocycles. The summed E-state index contributed by atoms with van der Waals surface area (Å²) < 4.78 is 7.76. The van der Waals surface area contributed by atoms with Crippen molar-refractivity contribution in [3.05, 3.63) is 117 Å². The minimum atomic E-state index is -0.119. The SMILES string of the molecule is COc1ccccc1[C@@H]1CC(c2ccc(Br)cc2)=NN1c1nc(-c2ccccc2)c2cc(Br)ccc2n1. The largest absolute Gasteiger partial charge is 0.496 e. The van der Waals surface area contributed by atoms with Crippen LogP contribution in [0.3, 0.4) is 0 Å². The van der Waals surface area contributed by atoms with Gasteiger partial charge in [-0.3, -0.25) is 0 Å². The number of para-hydroxylation sites is 1. The van der Waals surface area contributed by atoms with Gasteiger partial charge in [-0.15, -0.1) is 0 Å². The van der Waals surface area contributed by atoms with E-state index in [9.17, 15) is 0 Å². The summed E-state index contributed by atoms with van der Waals surface area (Å²) in [4.78, 5) is 10.1. The van der Waals surface area contributed by atoms with Crippen molar-refractivity contribution < 1.29 is 4.74 Å². The minimum absolute atomic E-state index is 0.119. The lowest BCUT2D eigenvalue weighted by atomic mass is 9.98. The summed E-state index contributed by atoms with van der Waals surface area (Å²) in [5.74, 6) is 1.37. The van der Waals surface area contributed by atoms with Crippen molar-refractivity contribution in [3.8, 4) is 17.0 Å². The van der Waals surface area contributed by atoms with E-state index in [1.165, 1.54) is 0 Å². The van der Waals surface area contributed by atoms with E-state index in [0.717, 1.165) is 53.7 Å². The van der Waals surface area contributed by atoms with Crippen LogP contribution in [0.15, 0.2) is 111 Å². The zero-order valence-corrected chi connectivity index (χ0v) is 23.1. The fraction of sp³-hybridized carbons (Fsp3) is 0.100. The van der Waals surface area contributed by atoms with E-state index in [4.69, 9.17) is 19.8 Å². The number of benzene rings is 4. The highest BCUT2D eigenvalue weighted by atomic mass is 79.9. The third-order valence-electron chi connectivity index (χ3n) is 6.48. The number of rotatable bonds is 5. The van der Waals surface area contributed by atoms with E-state index in [1.54, 1.807) is 7.11 Å². The van der Waals surface area contributed by atoms with Crippen LogP contribution in [-0.4, -0.2) is 22.8 Å². The fourth-order valence-corrected chi connectivity index (χ4v) is 5.33.